The topological polar surface area (TPSA) is 32.3 Å². The predicted octanol–water partition coefficient (Wildman–Crippen LogP) is 3.48. The summed E-state index contributed by atoms with van der Waals surface area (Å²) in [6.07, 6.45) is 2.06. The summed E-state index contributed by atoms with van der Waals surface area (Å²) in [5, 5.41) is 3.12. The van der Waals surface area contributed by atoms with Gasteiger partial charge in [-0.3, -0.25) is 9.69 Å². The van der Waals surface area contributed by atoms with E-state index in [0.29, 0.717) is 6.54 Å². The molecule has 0 aromatic heterocycles. The molecule has 0 saturated carbocycles. The van der Waals surface area contributed by atoms with Crippen molar-refractivity contribution in [3.63, 3.8) is 0 Å². The van der Waals surface area contributed by atoms with Crippen LogP contribution in [0.4, 0.5) is 0 Å². The molecule has 1 heterocycles. The molecule has 3 nitrogen and oxygen atoms in total. The van der Waals surface area contributed by atoms with E-state index in [0.717, 1.165) is 31.5 Å². The highest BCUT2D eigenvalue weighted by atomic mass is 16.2. The lowest BCUT2D eigenvalue weighted by molar-refractivity contribution is -0.123. The third kappa shape index (κ3) is 4.04. The first-order valence-corrected chi connectivity index (χ1v) is 8.83. The standard InChI is InChI=1S/C21H26N2O/c1-3-17-8-10-18(11-9-17)16(2)22-21(24)15-23-13-12-19-6-4-5-7-20(19)14-23/h4-11,16H,3,12-15H2,1-2H3,(H,22,24)/t16-/m1/s1. The minimum Gasteiger partial charge on any atom is -0.348 e. The molecule has 126 valence electrons. The average molecular weight is 322 g/mol. The summed E-state index contributed by atoms with van der Waals surface area (Å²) in [7, 11) is 0. The van der Waals surface area contributed by atoms with E-state index < -0.39 is 0 Å². The minimum absolute atomic E-state index is 0.0421. The number of fused-ring (bicyclic) bond motifs is 1. The van der Waals surface area contributed by atoms with Crippen molar-refractivity contribution in [3.8, 4) is 0 Å². The molecule has 1 aliphatic rings. The van der Waals surface area contributed by atoms with Crippen molar-refractivity contribution in [1.82, 2.24) is 10.2 Å². The second-order valence-electron chi connectivity index (χ2n) is 6.61. The van der Waals surface area contributed by atoms with Crippen LogP contribution in [-0.2, 0) is 24.2 Å². The van der Waals surface area contributed by atoms with Crippen molar-refractivity contribution in [3.05, 3.63) is 70.8 Å². The van der Waals surface area contributed by atoms with Gasteiger partial charge in [0.15, 0.2) is 0 Å². The van der Waals surface area contributed by atoms with Gasteiger partial charge in [0.2, 0.25) is 5.91 Å². The fourth-order valence-electron chi connectivity index (χ4n) is 3.30. The molecule has 3 heteroatoms. The van der Waals surface area contributed by atoms with E-state index in [2.05, 4.69) is 65.7 Å². The van der Waals surface area contributed by atoms with Crippen molar-refractivity contribution < 1.29 is 4.79 Å². The SMILES string of the molecule is CCc1ccc([C@@H](C)NC(=O)CN2CCc3ccccc3C2)cc1. The zero-order valence-electron chi connectivity index (χ0n) is 14.6. The maximum Gasteiger partial charge on any atom is 0.234 e. The van der Waals surface area contributed by atoms with Crippen molar-refractivity contribution >= 4 is 5.91 Å². The maximum absolute atomic E-state index is 12.4. The van der Waals surface area contributed by atoms with Gasteiger partial charge < -0.3 is 5.32 Å². The lowest BCUT2D eigenvalue weighted by Crippen LogP contribution is -2.40. The summed E-state index contributed by atoms with van der Waals surface area (Å²) in [4.78, 5) is 14.6. The smallest absolute Gasteiger partial charge is 0.234 e. The zero-order chi connectivity index (χ0) is 16.9. The second-order valence-corrected chi connectivity index (χ2v) is 6.61. The number of carbonyl (C=O) groups excluding carboxylic acids is 1. The van der Waals surface area contributed by atoms with Crippen molar-refractivity contribution in [1.29, 1.82) is 0 Å². The largest absolute Gasteiger partial charge is 0.348 e. The Hall–Kier alpha value is -2.13. The Kier molecular flexibility index (Phi) is 5.31. The highest BCUT2D eigenvalue weighted by Crippen LogP contribution is 2.18. The molecule has 0 unspecified atom stereocenters. The van der Waals surface area contributed by atoms with Gasteiger partial charge in [-0.05, 0) is 42.0 Å². The van der Waals surface area contributed by atoms with E-state index in [4.69, 9.17) is 0 Å². The first kappa shape index (κ1) is 16.7. The quantitative estimate of drug-likeness (QED) is 0.914. The van der Waals surface area contributed by atoms with Crippen LogP contribution in [0.25, 0.3) is 0 Å². The van der Waals surface area contributed by atoms with Crippen LogP contribution >= 0.6 is 0 Å². The first-order chi connectivity index (χ1) is 11.7. The number of nitrogens with zero attached hydrogens (tertiary/aromatic N) is 1. The average Bonchev–Trinajstić information content (AvgIpc) is 2.61. The maximum atomic E-state index is 12.4. The van der Waals surface area contributed by atoms with Crippen molar-refractivity contribution in [2.45, 2.75) is 39.3 Å². The van der Waals surface area contributed by atoms with Crippen LogP contribution in [0, 0.1) is 0 Å². The number of aryl methyl sites for hydroxylation is 1. The van der Waals surface area contributed by atoms with E-state index in [9.17, 15) is 4.79 Å². The molecular formula is C21H26N2O. The summed E-state index contributed by atoms with van der Waals surface area (Å²) in [6.45, 7) is 6.47. The van der Waals surface area contributed by atoms with Crippen LogP contribution in [0.5, 0.6) is 0 Å². The molecular weight excluding hydrogens is 296 g/mol. The van der Waals surface area contributed by atoms with Gasteiger partial charge in [0.05, 0.1) is 12.6 Å². The van der Waals surface area contributed by atoms with Gasteiger partial charge in [-0.2, -0.15) is 0 Å². The zero-order valence-corrected chi connectivity index (χ0v) is 14.6. The summed E-state index contributed by atoms with van der Waals surface area (Å²) in [6, 6.07) is 17.1. The molecule has 0 fully saturated rings. The Balaban J connectivity index is 1.54. The van der Waals surface area contributed by atoms with Crippen LogP contribution in [0.1, 0.15) is 42.1 Å². The van der Waals surface area contributed by atoms with Crippen LogP contribution in [0.3, 0.4) is 0 Å². The lowest BCUT2D eigenvalue weighted by atomic mass is 10.00. The number of carbonyl (C=O) groups is 1. The van der Waals surface area contributed by atoms with Gasteiger partial charge >= 0.3 is 0 Å². The van der Waals surface area contributed by atoms with Crippen LogP contribution in [0.2, 0.25) is 0 Å². The number of hydrogen-bond donors (Lipinski definition) is 1. The first-order valence-electron chi connectivity index (χ1n) is 8.83. The minimum atomic E-state index is 0.0421. The van der Waals surface area contributed by atoms with Gasteiger partial charge in [0, 0.05) is 13.1 Å². The highest BCUT2D eigenvalue weighted by molar-refractivity contribution is 5.78. The molecule has 0 spiro atoms. The van der Waals surface area contributed by atoms with Gasteiger partial charge in [-0.25, -0.2) is 0 Å². The van der Waals surface area contributed by atoms with Gasteiger partial charge in [0.1, 0.15) is 0 Å². The summed E-state index contributed by atoms with van der Waals surface area (Å²) in [5.74, 6) is 0.0986. The molecule has 3 rings (SSSR count). The van der Waals surface area contributed by atoms with Crippen LogP contribution in [0.15, 0.2) is 48.5 Å². The molecule has 0 radical (unpaired) electrons. The number of amides is 1. The summed E-state index contributed by atoms with van der Waals surface area (Å²) < 4.78 is 0. The summed E-state index contributed by atoms with van der Waals surface area (Å²) in [5.41, 5.74) is 5.24. The second kappa shape index (κ2) is 7.63. The lowest BCUT2D eigenvalue weighted by Gasteiger charge is -2.28. The Labute approximate surface area is 144 Å². The molecule has 24 heavy (non-hydrogen) atoms. The number of rotatable bonds is 5. The van der Waals surface area contributed by atoms with Gasteiger partial charge in [-0.15, -0.1) is 0 Å². The van der Waals surface area contributed by atoms with Crippen molar-refractivity contribution in [2.75, 3.05) is 13.1 Å². The molecule has 2 aromatic carbocycles. The summed E-state index contributed by atoms with van der Waals surface area (Å²) >= 11 is 0. The van der Waals surface area contributed by atoms with Crippen LogP contribution in [-0.4, -0.2) is 23.9 Å². The van der Waals surface area contributed by atoms with E-state index >= 15 is 0 Å². The van der Waals surface area contributed by atoms with E-state index in [-0.39, 0.29) is 11.9 Å². The Morgan fingerprint density at radius 1 is 1.12 bits per heavy atom. The number of hydrogen-bond acceptors (Lipinski definition) is 2. The normalized spacial score (nSPS) is 15.6. The third-order valence-corrected chi connectivity index (χ3v) is 4.84. The molecule has 1 atom stereocenters. The van der Waals surface area contributed by atoms with Crippen LogP contribution < -0.4 is 5.32 Å². The monoisotopic (exact) mass is 322 g/mol. The molecule has 0 saturated heterocycles. The predicted molar refractivity (Wildman–Crippen MR) is 97.8 cm³/mol. The molecule has 2 aromatic rings. The number of benzene rings is 2. The Morgan fingerprint density at radius 2 is 1.83 bits per heavy atom. The Bertz CT molecular complexity index is 693. The fourth-order valence-corrected chi connectivity index (χ4v) is 3.30. The molecule has 0 aliphatic carbocycles. The molecule has 1 amide bonds. The molecule has 1 N–H and O–H groups in total. The van der Waals surface area contributed by atoms with Gasteiger partial charge in [-0.1, -0.05) is 55.5 Å². The third-order valence-electron chi connectivity index (χ3n) is 4.84. The van der Waals surface area contributed by atoms with E-state index in [1.54, 1.807) is 0 Å². The Morgan fingerprint density at radius 3 is 2.54 bits per heavy atom. The number of nitrogens with one attached hydrogen (secondary N) is 1. The van der Waals surface area contributed by atoms with Crippen molar-refractivity contribution in [2.24, 2.45) is 0 Å². The van der Waals surface area contributed by atoms with E-state index in [1.807, 2.05) is 6.92 Å². The highest BCUT2D eigenvalue weighted by Gasteiger charge is 2.19. The fraction of sp³-hybridized carbons (Fsp3) is 0.381. The molecule has 1 aliphatic heterocycles. The van der Waals surface area contributed by atoms with Gasteiger partial charge in [0.25, 0.3) is 0 Å². The van der Waals surface area contributed by atoms with E-state index in [1.165, 1.54) is 16.7 Å². The molecule has 0 bridgehead atoms.